The van der Waals surface area contributed by atoms with Crippen LogP contribution in [0, 0.1) is 20.8 Å². The zero-order valence-corrected chi connectivity index (χ0v) is 19.1. The molecule has 0 atom stereocenters. The van der Waals surface area contributed by atoms with E-state index in [9.17, 15) is 4.57 Å². The molecule has 8 heteroatoms. The van der Waals surface area contributed by atoms with Gasteiger partial charge in [0.05, 0.1) is 15.1 Å². The van der Waals surface area contributed by atoms with E-state index in [1.54, 1.807) is 54.6 Å². The summed E-state index contributed by atoms with van der Waals surface area (Å²) in [5.74, 6) is 0.436. The van der Waals surface area contributed by atoms with Gasteiger partial charge in [0, 0.05) is 0 Å². The highest BCUT2D eigenvalue weighted by Gasteiger charge is 2.35. The average Bonchev–Trinajstić information content (AvgIpc) is 2.63. The van der Waals surface area contributed by atoms with Crippen LogP contribution in [0.1, 0.15) is 16.7 Å². The van der Waals surface area contributed by atoms with Crippen molar-refractivity contribution in [3.63, 3.8) is 0 Å². The lowest BCUT2D eigenvalue weighted by Crippen LogP contribution is -2.08. The van der Waals surface area contributed by atoms with Crippen molar-refractivity contribution in [1.29, 1.82) is 0 Å². The van der Waals surface area contributed by atoms with Gasteiger partial charge in [-0.25, -0.2) is 0 Å². The van der Waals surface area contributed by atoms with E-state index in [4.69, 9.17) is 48.4 Å². The normalized spacial score (nSPS) is 11.2. The van der Waals surface area contributed by atoms with E-state index in [2.05, 4.69) is 0 Å². The molecule has 0 aliphatic heterocycles. The first kappa shape index (κ1) is 21.9. The minimum atomic E-state index is -4.26. The molecule has 0 aromatic heterocycles. The summed E-state index contributed by atoms with van der Waals surface area (Å²) in [4.78, 5) is 0. The van der Waals surface area contributed by atoms with E-state index in [1.807, 2.05) is 20.8 Å². The molecule has 3 aromatic rings. The zero-order valence-electron chi connectivity index (χ0n) is 15.9. The fourth-order valence-electron chi connectivity index (χ4n) is 2.46. The van der Waals surface area contributed by atoms with Crippen LogP contribution >= 0.6 is 42.6 Å². The van der Waals surface area contributed by atoms with Gasteiger partial charge in [0.1, 0.15) is 0 Å². The highest BCUT2D eigenvalue weighted by atomic mass is 35.5. The third-order valence-corrected chi connectivity index (χ3v) is 6.04. The maximum absolute atomic E-state index is 13.6. The molecule has 3 aromatic carbocycles. The van der Waals surface area contributed by atoms with Crippen LogP contribution in [0.3, 0.4) is 0 Å². The summed E-state index contributed by atoms with van der Waals surface area (Å²) in [7, 11) is -4.26. The molecule has 0 N–H and O–H groups in total. The van der Waals surface area contributed by atoms with Gasteiger partial charge < -0.3 is 13.6 Å². The Morgan fingerprint density at radius 1 is 0.586 bits per heavy atom. The Balaban J connectivity index is 2.00. The molecule has 0 aliphatic carbocycles. The molecule has 152 valence electrons. The van der Waals surface area contributed by atoms with Crippen LogP contribution in [-0.2, 0) is 4.57 Å². The molecule has 29 heavy (non-hydrogen) atoms. The van der Waals surface area contributed by atoms with Gasteiger partial charge in [-0.1, -0.05) is 53.0 Å². The molecule has 0 saturated heterocycles. The number of rotatable bonds is 6. The first-order valence-corrected chi connectivity index (χ1v) is 11.2. The summed E-state index contributed by atoms with van der Waals surface area (Å²) in [6.07, 6.45) is 0. The first-order chi connectivity index (χ1) is 13.6. The lowest BCUT2D eigenvalue weighted by molar-refractivity contribution is 0.298. The third-order valence-electron chi connectivity index (χ3n) is 3.89. The SMILES string of the molecule is Cc1ccc(OP(=O)(Oc2ccc(C)cc2Cl)Oc2ccc(C)cc2Cl)c(Cl)c1. The number of benzene rings is 3. The van der Waals surface area contributed by atoms with Crippen LogP contribution in [0.25, 0.3) is 0 Å². The first-order valence-electron chi connectivity index (χ1n) is 8.62. The van der Waals surface area contributed by atoms with Crippen LogP contribution in [0.15, 0.2) is 54.6 Å². The van der Waals surface area contributed by atoms with Gasteiger partial charge in [-0.3, -0.25) is 0 Å². The van der Waals surface area contributed by atoms with Crippen molar-refractivity contribution >= 4 is 42.6 Å². The van der Waals surface area contributed by atoms with Crippen LogP contribution < -0.4 is 13.6 Å². The van der Waals surface area contributed by atoms with Crippen molar-refractivity contribution in [1.82, 2.24) is 0 Å². The number of halogens is 3. The number of hydrogen-bond acceptors (Lipinski definition) is 4. The monoisotopic (exact) mass is 470 g/mol. The molecule has 0 saturated carbocycles. The summed E-state index contributed by atoms with van der Waals surface area (Å²) in [5.41, 5.74) is 2.76. The van der Waals surface area contributed by atoms with Crippen molar-refractivity contribution in [2.45, 2.75) is 20.8 Å². The van der Waals surface area contributed by atoms with E-state index in [0.29, 0.717) is 0 Å². The fraction of sp³-hybridized carbons (Fsp3) is 0.143. The Morgan fingerprint density at radius 3 is 1.10 bits per heavy atom. The molecule has 0 bridgehead atoms. The van der Waals surface area contributed by atoms with Gasteiger partial charge in [0.25, 0.3) is 0 Å². The van der Waals surface area contributed by atoms with E-state index < -0.39 is 7.82 Å². The predicted octanol–water partition coefficient (Wildman–Crippen LogP) is 8.22. The Morgan fingerprint density at radius 2 is 0.862 bits per heavy atom. The smallest absolute Gasteiger partial charge is 0.384 e. The molecule has 0 spiro atoms. The molecule has 3 rings (SSSR count). The molecular formula is C21H18Cl3O4P. The summed E-state index contributed by atoms with van der Waals surface area (Å²) >= 11 is 18.7. The summed E-state index contributed by atoms with van der Waals surface area (Å²) in [5, 5.41) is 0.798. The molecule has 0 amide bonds. The number of aryl methyl sites for hydroxylation is 3. The lowest BCUT2D eigenvalue weighted by Gasteiger charge is -2.21. The van der Waals surface area contributed by atoms with Crippen molar-refractivity contribution in [2.75, 3.05) is 0 Å². The van der Waals surface area contributed by atoms with E-state index in [0.717, 1.165) is 16.7 Å². The summed E-state index contributed by atoms with van der Waals surface area (Å²) in [6.45, 7) is 5.63. The molecular weight excluding hydrogens is 454 g/mol. The molecule has 0 radical (unpaired) electrons. The Hall–Kier alpha value is -1.84. The third kappa shape index (κ3) is 5.61. The second-order valence-corrected chi connectivity index (χ2v) is 9.19. The van der Waals surface area contributed by atoms with E-state index in [1.165, 1.54) is 0 Å². The largest absolute Gasteiger partial charge is 0.647 e. The van der Waals surface area contributed by atoms with Crippen molar-refractivity contribution in [2.24, 2.45) is 0 Å². The Labute approximate surface area is 184 Å². The molecule has 0 aliphatic rings. The Kier molecular flexibility index (Phi) is 6.70. The van der Waals surface area contributed by atoms with Gasteiger partial charge in [-0.2, -0.15) is 4.57 Å². The second-order valence-electron chi connectivity index (χ2n) is 6.52. The second kappa shape index (κ2) is 8.89. The average molecular weight is 472 g/mol. The number of phosphoric ester groups is 1. The van der Waals surface area contributed by atoms with Crippen molar-refractivity contribution in [3.05, 3.63) is 86.4 Å². The van der Waals surface area contributed by atoms with Crippen molar-refractivity contribution < 1.29 is 18.1 Å². The van der Waals surface area contributed by atoms with Crippen molar-refractivity contribution in [3.8, 4) is 17.2 Å². The van der Waals surface area contributed by atoms with Crippen LogP contribution in [-0.4, -0.2) is 0 Å². The molecule has 4 nitrogen and oxygen atoms in total. The van der Waals surface area contributed by atoms with Gasteiger partial charge in [0.2, 0.25) is 0 Å². The predicted molar refractivity (Wildman–Crippen MR) is 118 cm³/mol. The van der Waals surface area contributed by atoms with Gasteiger partial charge in [-0.15, -0.1) is 0 Å². The standard InChI is InChI=1S/C21H18Cl3O4P/c1-13-4-7-19(16(22)10-13)26-29(25,27-20-8-5-14(2)11-17(20)23)28-21-9-6-15(3)12-18(21)24/h4-12H,1-3H3. The maximum atomic E-state index is 13.6. The minimum absolute atomic E-state index is 0.145. The lowest BCUT2D eigenvalue weighted by atomic mass is 10.2. The minimum Gasteiger partial charge on any atom is -0.384 e. The van der Waals surface area contributed by atoms with Gasteiger partial charge in [-0.05, 0) is 73.9 Å². The van der Waals surface area contributed by atoms with Crippen LogP contribution in [0.5, 0.6) is 17.2 Å². The van der Waals surface area contributed by atoms with Gasteiger partial charge in [0.15, 0.2) is 17.2 Å². The molecule has 0 fully saturated rings. The topological polar surface area (TPSA) is 44.8 Å². The summed E-state index contributed by atoms with van der Waals surface area (Å²) < 4.78 is 30.5. The quantitative estimate of drug-likeness (QED) is 0.340. The van der Waals surface area contributed by atoms with Crippen LogP contribution in [0.4, 0.5) is 0 Å². The Bertz CT molecular complexity index is 965. The zero-order chi connectivity index (χ0) is 21.2. The highest BCUT2D eigenvalue weighted by Crippen LogP contribution is 2.53. The van der Waals surface area contributed by atoms with E-state index >= 15 is 0 Å². The summed E-state index contributed by atoms with van der Waals surface area (Å²) in [6, 6.07) is 15.1. The number of phosphoric acid groups is 1. The molecule has 0 unspecified atom stereocenters. The van der Waals surface area contributed by atoms with Crippen LogP contribution in [0.2, 0.25) is 15.1 Å². The number of hydrogen-bond donors (Lipinski definition) is 0. The molecule has 0 heterocycles. The van der Waals surface area contributed by atoms with Gasteiger partial charge >= 0.3 is 7.82 Å². The van der Waals surface area contributed by atoms with E-state index in [-0.39, 0.29) is 32.3 Å². The highest BCUT2D eigenvalue weighted by molar-refractivity contribution is 7.49. The maximum Gasteiger partial charge on any atom is 0.647 e. The fourth-order valence-corrected chi connectivity index (χ4v) is 4.75.